The monoisotopic (exact) mass is 458 g/mol. The number of rotatable bonds is 5. The molecule has 1 aliphatic heterocycles. The van der Waals surface area contributed by atoms with Crippen LogP contribution in [0.4, 0.5) is 18.0 Å². The summed E-state index contributed by atoms with van der Waals surface area (Å²) >= 11 is 0. The maximum absolute atomic E-state index is 14.7. The van der Waals surface area contributed by atoms with Gasteiger partial charge in [0.2, 0.25) is 0 Å². The van der Waals surface area contributed by atoms with Gasteiger partial charge in [0.1, 0.15) is 12.1 Å². The number of hydrogen-bond donors (Lipinski definition) is 2. The third-order valence-corrected chi connectivity index (χ3v) is 5.61. The maximum Gasteiger partial charge on any atom is 0.328 e. The van der Waals surface area contributed by atoms with E-state index in [4.69, 9.17) is 4.74 Å². The lowest BCUT2D eigenvalue weighted by atomic mass is 9.95. The van der Waals surface area contributed by atoms with E-state index in [0.29, 0.717) is 17.8 Å². The van der Waals surface area contributed by atoms with Crippen LogP contribution in [0.3, 0.4) is 0 Å². The summed E-state index contributed by atoms with van der Waals surface area (Å²) in [6.07, 6.45) is 1.95. The van der Waals surface area contributed by atoms with Crippen LogP contribution in [0.25, 0.3) is 0 Å². The molecule has 0 fully saturated rings. The molecule has 10 heteroatoms. The van der Waals surface area contributed by atoms with Crippen LogP contribution in [-0.2, 0) is 22.4 Å². The van der Waals surface area contributed by atoms with E-state index in [9.17, 15) is 22.8 Å². The number of fused-ring (bicyclic) bond motifs is 1. The normalized spacial score (nSPS) is 16.1. The number of carbonyl (C=O) groups excluding carboxylic acids is 2. The minimum atomic E-state index is -1.63. The second kappa shape index (κ2) is 9.35. The molecule has 2 N–H and O–H groups in total. The Kier molecular flexibility index (Phi) is 6.34. The molecular weight excluding hydrogens is 437 g/mol. The number of aromatic nitrogens is 2. The number of ether oxygens (including phenoxy) is 1. The summed E-state index contributed by atoms with van der Waals surface area (Å²) in [7, 11) is 1.21. The van der Waals surface area contributed by atoms with Crippen molar-refractivity contribution in [1.82, 2.24) is 20.2 Å². The first-order chi connectivity index (χ1) is 15.9. The van der Waals surface area contributed by atoms with Gasteiger partial charge in [0.25, 0.3) is 0 Å². The molecule has 0 saturated heterocycles. The zero-order valence-electron chi connectivity index (χ0n) is 17.6. The smallest absolute Gasteiger partial charge is 0.328 e. The largest absolute Gasteiger partial charge is 0.467 e. The van der Waals surface area contributed by atoms with E-state index in [1.165, 1.54) is 18.3 Å². The number of nitrogens with zero attached hydrogens (tertiary/aromatic N) is 2. The van der Waals surface area contributed by atoms with Gasteiger partial charge in [-0.25, -0.2) is 27.7 Å². The van der Waals surface area contributed by atoms with Gasteiger partial charge < -0.3 is 19.9 Å². The lowest BCUT2D eigenvalue weighted by Gasteiger charge is -2.36. The van der Waals surface area contributed by atoms with Crippen molar-refractivity contribution < 1.29 is 27.5 Å². The molecule has 0 spiro atoms. The fourth-order valence-corrected chi connectivity index (χ4v) is 3.98. The number of nitrogens with one attached hydrogen (secondary N) is 2. The number of H-pyrrole nitrogens is 1. The van der Waals surface area contributed by atoms with Gasteiger partial charge in [-0.1, -0.05) is 36.4 Å². The van der Waals surface area contributed by atoms with Crippen LogP contribution >= 0.6 is 0 Å². The van der Waals surface area contributed by atoms with Crippen LogP contribution in [0.15, 0.2) is 48.8 Å². The van der Waals surface area contributed by atoms with Crippen LogP contribution in [0.1, 0.15) is 28.6 Å². The van der Waals surface area contributed by atoms with Crippen molar-refractivity contribution in [3.05, 3.63) is 88.8 Å². The molecule has 172 valence electrons. The van der Waals surface area contributed by atoms with Gasteiger partial charge in [-0.05, 0) is 11.6 Å². The predicted octanol–water partition coefficient (Wildman–Crippen LogP) is 3.27. The zero-order valence-corrected chi connectivity index (χ0v) is 17.6. The molecule has 2 atom stereocenters. The predicted molar refractivity (Wildman–Crippen MR) is 112 cm³/mol. The molecule has 1 aliphatic rings. The first-order valence-corrected chi connectivity index (χ1v) is 10.2. The van der Waals surface area contributed by atoms with Gasteiger partial charge in [-0.2, -0.15) is 0 Å². The Morgan fingerprint density at radius 1 is 1.18 bits per heavy atom. The number of halogens is 3. The fourth-order valence-electron chi connectivity index (χ4n) is 3.98. The van der Waals surface area contributed by atoms with Crippen LogP contribution in [0.5, 0.6) is 0 Å². The van der Waals surface area contributed by atoms with Crippen molar-refractivity contribution in [2.45, 2.75) is 24.9 Å². The highest BCUT2D eigenvalue weighted by Gasteiger charge is 2.38. The summed E-state index contributed by atoms with van der Waals surface area (Å²) < 4.78 is 47.1. The fraction of sp³-hybridized carbons (Fsp3) is 0.261. The van der Waals surface area contributed by atoms with Crippen LogP contribution in [0.2, 0.25) is 0 Å². The number of methoxy groups -OCH3 is 1. The molecule has 0 saturated carbocycles. The molecule has 0 bridgehead atoms. The van der Waals surface area contributed by atoms with Crippen LogP contribution in [-0.4, -0.2) is 46.6 Å². The Morgan fingerprint density at radius 3 is 2.67 bits per heavy atom. The summed E-state index contributed by atoms with van der Waals surface area (Å²) in [5, 5.41) is 2.64. The van der Waals surface area contributed by atoms with Gasteiger partial charge in [0.15, 0.2) is 17.5 Å². The topological polar surface area (TPSA) is 87.3 Å². The molecule has 1 aromatic heterocycles. The Bertz CT molecular complexity index is 1170. The molecule has 2 amide bonds. The summed E-state index contributed by atoms with van der Waals surface area (Å²) in [4.78, 5) is 34.0. The number of urea groups is 1. The van der Waals surface area contributed by atoms with Gasteiger partial charge in [0, 0.05) is 30.6 Å². The number of carbonyl (C=O) groups is 2. The van der Waals surface area contributed by atoms with Gasteiger partial charge >= 0.3 is 12.0 Å². The number of aromatic amines is 1. The Labute approximate surface area is 187 Å². The molecule has 0 radical (unpaired) electrons. The Hall–Kier alpha value is -3.82. The number of amides is 2. The minimum Gasteiger partial charge on any atom is -0.467 e. The second-order valence-electron chi connectivity index (χ2n) is 7.59. The Morgan fingerprint density at radius 2 is 1.94 bits per heavy atom. The number of esters is 1. The van der Waals surface area contributed by atoms with E-state index in [0.717, 1.165) is 17.7 Å². The molecule has 33 heavy (non-hydrogen) atoms. The molecule has 4 rings (SSSR count). The molecule has 0 unspecified atom stereocenters. The lowest BCUT2D eigenvalue weighted by Crippen LogP contribution is -2.52. The standard InChI is InChI=1S/C23H21F3N4O3/c1-33-22(31)17(11-13-5-3-2-4-6-13)29-23(32)30-10-9-16-20(28-12-27-16)21(30)14-7-8-15(24)19(26)18(14)25/h2-8,12,17,21H,9-11H2,1H3,(H,27,28)(H,29,32)/t17-,21-/m0/s1. The molecule has 3 aromatic rings. The van der Waals surface area contributed by atoms with Crippen molar-refractivity contribution in [2.24, 2.45) is 0 Å². The summed E-state index contributed by atoms with van der Waals surface area (Å²) in [5.41, 5.74) is 1.53. The van der Waals surface area contributed by atoms with Crippen molar-refractivity contribution in [2.75, 3.05) is 13.7 Å². The Balaban J connectivity index is 1.66. The van der Waals surface area contributed by atoms with Gasteiger partial charge in [-0.3, -0.25) is 0 Å². The van der Waals surface area contributed by atoms with Crippen LogP contribution in [0, 0.1) is 17.5 Å². The van der Waals surface area contributed by atoms with E-state index in [-0.39, 0.29) is 18.5 Å². The molecule has 0 aliphatic carbocycles. The van der Waals surface area contributed by atoms with E-state index < -0.39 is 41.5 Å². The molecule has 2 heterocycles. The van der Waals surface area contributed by atoms with Gasteiger partial charge in [-0.15, -0.1) is 0 Å². The summed E-state index contributed by atoms with van der Waals surface area (Å²) in [6.45, 7) is 0.128. The lowest BCUT2D eigenvalue weighted by molar-refractivity contribution is -0.142. The van der Waals surface area contributed by atoms with Gasteiger partial charge in [0.05, 0.1) is 19.1 Å². The SMILES string of the molecule is COC(=O)[C@H](Cc1ccccc1)NC(=O)N1CCc2[nH]cnc2[C@@H]1c1ccc(F)c(F)c1F. The highest BCUT2D eigenvalue weighted by molar-refractivity contribution is 5.84. The number of imidazole rings is 1. The quantitative estimate of drug-likeness (QED) is 0.454. The molecular formula is C23H21F3N4O3. The highest BCUT2D eigenvalue weighted by Crippen LogP contribution is 2.35. The van der Waals surface area contributed by atoms with E-state index in [2.05, 4.69) is 15.3 Å². The molecule has 2 aromatic carbocycles. The zero-order chi connectivity index (χ0) is 23.5. The summed E-state index contributed by atoms with van der Waals surface area (Å²) in [5.74, 6) is -5.02. The second-order valence-corrected chi connectivity index (χ2v) is 7.59. The van der Waals surface area contributed by atoms with E-state index in [1.807, 2.05) is 6.07 Å². The third-order valence-electron chi connectivity index (χ3n) is 5.61. The van der Waals surface area contributed by atoms with Crippen molar-refractivity contribution >= 4 is 12.0 Å². The van der Waals surface area contributed by atoms with E-state index >= 15 is 0 Å². The third kappa shape index (κ3) is 4.41. The van der Waals surface area contributed by atoms with E-state index in [1.54, 1.807) is 24.3 Å². The van der Waals surface area contributed by atoms with Crippen LogP contribution < -0.4 is 5.32 Å². The highest BCUT2D eigenvalue weighted by atomic mass is 19.2. The summed E-state index contributed by atoms with van der Waals surface area (Å²) in [6, 6.07) is 8.10. The number of benzene rings is 2. The minimum absolute atomic E-state index is 0.128. The average molecular weight is 458 g/mol. The first kappa shape index (κ1) is 22.4. The van der Waals surface area contributed by atoms with Crippen molar-refractivity contribution in [3.8, 4) is 0 Å². The number of hydrogen-bond acceptors (Lipinski definition) is 4. The first-order valence-electron chi connectivity index (χ1n) is 10.2. The maximum atomic E-state index is 14.7. The molecule has 7 nitrogen and oxygen atoms in total. The van der Waals surface area contributed by atoms with Crippen molar-refractivity contribution in [1.29, 1.82) is 0 Å². The van der Waals surface area contributed by atoms with Crippen molar-refractivity contribution in [3.63, 3.8) is 0 Å². The average Bonchev–Trinajstić information content (AvgIpc) is 3.31.